The van der Waals surface area contributed by atoms with Crippen LogP contribution in [0.2, 0.25) is 0 Å². The second kappa shape index (κ2) is 9.45. The molecule has 1 aliphatic heterocycles. The van der Waals surface area contributed by atoms with Gasteiger partial charge < -0.3 is 20.1 Å². The van der Waals surface area contributed by atoms with Gasteiger partial charge in [-0.25, -0.2) is 9.37 Å². The molecule has 3 aromatic rings. The summed E-state index contributed by atoms with van der Waals surface area (Å²) in [5.74, 6) is -0.244. The number of anilines is 2. The lowest BCUT2D eigenvalue weighted by atomic mass is 10.1. The summed E-state index contributed by atoms with van der Waals surface area (Å²) in [6.45, 7) is 0.515. The number of aromatic nitrogens is 1. The van der Waals surface area contributed by atoms with Crippen molar-refractivity contribution in [3.05, 3.63) is 77.7 Å². The van der Waals surface area contributed by atoms with Crippen LogP contribution >= 0.6 is 0 Å². The van der Waals surface area contributed by atoms with Gasteiger partial charge in [-0.3, -0.25) is 4.79 Å². The predicted octanol–water partition coefficient (Wildman–Crippen LogP) is 4.83. The largest absolute Gasteiger partial charge is 0.454 e. The van der Waals surface area contributed by atoms with Crippen molar-refractivity contribution in [2.45, 2.75) is 18.6 Å². The lowest BCUT2D eigenvalue weighted by Crippen LogP contribution is -2.46. The van der Waals surface area contributed by atoms with Crippen LogP contribution in [0.1, 0.15) is 11.1 Å². The number of amides is 1. The Labute approximate surface area is 186 Å². The van der Waals surface area contributed by atoms with Crippen molar-refractivity contribution in [1.82, 2.24) is 10.3 Å². The molecule has 4 rings (SSSR count). The molecule has 1 aromatic heterocycles. The molecule has 0 bridgehead atoms. The van der Waals surface area contributed by atoms with Gasteiger partial charge >= 0.3 is 6.18 Å². The number of pyridine rings is 1. The van der Waals surface area contributed by atoms with E-state index in [4.69, 9.17) is 9.47 Å². The molecule has 1 saturated heterocycles. The fourth-order valence-electron chi connectivity index (χ4n) is 3.26. The van der Waals surface area contributed by atoms with Gasteiger partial charge in [-0.05, 0) is 48.4 Å². The summed E-state index contributed by atoms with van der Waals surface area (Å²) < 4.78 is 63.2. The van der Waals surface area contributed by atoms with Crippen LogP contribution in [0, 0.1) is 5.82 Å². The molecule has 0 radical (unpaired) electrons. The van der Waals surface area contributed by atoms with Gasteiger partial charge in [0.15, 0.2) is 11.6 Å². The minimum Gasteiger partial charge on any atom is -0.454 e. The minimum atomic E-state index is -4.48. The first-order valence-corrected chi connectivity index (χ1v) is 10.00. The van der Waals surface area contributed by atoms with Gasteiger partial charge in [0, 0.05) is 18.0 Å². The van der Waals surface area contributed by atoms with E-state index in [0.717, 1.165) is 23.8 Å². The van der Waals surface area contributed by atoms with Gasteiger partial charge in [-0.2, -0.15) is 13.2 Å². The summed E-state index contributed by atoms with van der Waals surface area (Å²) in [6, 6.07) is 13.1. The first-order valence-electron chi connectivity index (χ1n) is 10.00. The highest BCUT2D eigenvalue weighted by atomic mass is 19.4. The van der Waals surface area contributed by atoms with Crippen LogP contribution in [0.25, 0.3) is 0 Å². The van der Waals surface area contributed by atoms with Crippen LogP contribution in [-0.4, -0.2) is 30.1 Å². The maximum Gasteiger partial charge on any atom is 0.417 e. The fourth-order valence-corrected chi connectivity index (χ4v) is 3.26. The van der Waals surface area contributed by atoms with Crippen molar-refractivity contribution in [3.8, 4) is 11.5 Å². The molecule has 172 valence electrons. The van der Waals surface area contributed by atoms with Crippen molar-refractivity contribution < 1.29 is 31.8 Å². The quantitative estimate of drug-likeness (QED) is 0.515. The lowest BCUT2D eigenvalue weighted by molar-refractivity contribution is -0.137. The van der Waals surface area contributed by atoms with Gasteiger partial charge in [0.2, 0.25) is 5.91 Å². The Kier molecular flexibility index (Phi) is 6.45. The van der Waals surface area contributed by atoms with Gasteiger partial charge in [-0.15, -0.1) is 0 Å². The zero-order valence-electron chi connectivity index (χ0n) is 17.2. The number of rotatable bonds is 6. The predicted molar refractivity (Wildman–Crippen MR) is 112 cm³/mol. The Morgan fingerprint density at radius 3 is 2.55 bits per heavy atom. The SMILES string of the molecule is O=C1COCC(Cc2ccc(Oc3ccc(Nc4ccc(C(F)(F)F)cn4)cc3F)cc2)N1. The molecular weight excluding hydrogens is 442 g/mol. The normalized spacial score (nSPS) is 16.2. The number of carbonyl (C=O) groups is 1. The number of hydrogen-bond donors (Lipinski definition) is 2. The Bertz CT molecular complexity index is 1120. The number of halogens is 4. The average molecular weight is 461 g/mol. The summed E-state index contributed by atoms with van der Waals surface area (Å²) in [6.07, 6.45) is -3.18. The first-order chi connectivity index (χ1) is 15.8. The number of hydrogen-bond acceptors (Lipinski definition) is 5. The van der Waals surface area contributed by atoms with Crippen molar-refractivity contribution in [2.24, 2.45) is 0 Å². The van der Waals surface area contributed by atoms with Crippen molar-refractivity contribution in [2.75, 3.05) is 18.5 Å². The van der Waals surface area contributed by atoms with E-state index in [1.54, 1.807) is 12.1 Å². The van der Waals surface area contributed by atoms with E-state index in [0.29, 0.717) is 30.7 Å². The number of alkyl halides is 3. The number of carbonyl (C=O) groups excluding carboxylic acids is 1. The Morgan fingerprint density at radius 1 is 1.12 bits per heavy atom. The maximum atomic E-state index is 14.5. The molecule has 2 N–H and O–H groups in total. The third-order valence-corrected chi connectivity index (χ3v) is 4.85. The van der Waals surface area contributed by atoms with Gasteiger partial charge in [-0.1, -0.05) is 12.1 Å². The van der Waals surface area contributed by atoms with Crippen LogP contribution in [0.4, 0.5) is 29.1 Å². The molecule has 6 nitrogen and oxygen atoms in total. The van der Waals surface area contributed by atoms with Gasteiger partial charge in [0.25, 0.3) is 0 Å². The topological polar surface area (TPSA) is 72.5 Å². The van der Waals surface area contributed by atoms with E-state index in [1.165, 1.54) is 12.1 Å². The van der Waals surface area contributed by atoms with E-state index in [2.05, 4.69) is 15.6 Å². The Balaban J connectivity index is 1.36. The van der Waals surface area contributed by atoms with Crippen LogP contribution in [-0.2, 0) is 22.1 Å². The minimum absolute atomic E-state index is 0.0124. The van der Waals surface area contributed by atoms with E-state index in [9.17, 15) is 22.4 Å². The number of morpholine rings is 1. The molecule has 1 atom stereocenters. The third kappa shape index (κ3) is 5.98. The van der Waals surface area contributed by atoms with Crippen molar-refractivity contribution >= 4 is 17.4 Å². The molecule has 0 spiro atoms. The van der Waals surface area contributed by atoms with Crippen LogP contribution < -0.4 is 15.4 Å². The average Bonchev–Trinajstić information content (AvgIpc) is 2.77. The van der Waals surface area contributed by atoms with Crippen molar-refractivity contribution in [3.63, 3.8) is 0 Å². The molecule has 33 heavy (non-hydrogen) atoms. The Morgan fingerprint density at radius 2 is 1.91 bits per heavy atom. The summed E-state index contributed by atoms with van der Waals surface area (Å²) in [5, 5.41) is 5.60. The standard InChI is InChI=1S/C23H19F4N3O3/c24-19-10-16(29-21-8-3-15(11-28-21)23(25,26)27)4-7-20(19)33-18-5-1-14(2-6-18)9-17-12-32-13-22(31)30-17/h1-8,10-11,17H,9,12-13H2,(H,28,29)(H,30,31). The molecule has 0 saturated carbocycles. The van der Waals surface area contributed by atoms with Crippen molar-refractivity contribution in [1.29, 1.82) is 0 Å². The zero-order chi connectivity index (χ0) is 23.4. The molecule has 1 unspecified atom stereocenters. The molecule has 2 aromatic carbocycles. The third-order valence-electron chi connectivity index (χ3n) is 4.85. The number of benzene rings is 2. The summed E-state index contributed by atoms with van der Waals surface area (Å²) in [4.78, 5) is 15.1. The molecule has 1 aliphatic rings. The smallest absolute Gasteiger partial charge is 0.417 e. The van der Waals surface area contributed by atoms with Crippen LogP contribution in [0.3, 0.4) is 0 Å². The van der Waals surface area contributed by atoms with E-state index < -0.39 is 17.6 Å². The summed E-state index contributed by atoms with van der Waals surface area (Å²) in [5.41, 5.74) is 0.396. The first kappa shape index (κ1) is 22.5. The number of ether oxygens (including phenoxy) is 2. The molecular formula is C23H19F4N3O3. The highest BCUT2D eigenvalue weighted by molar-refractivity contribution is 5.78. The Hall–Kier alpha value is -3.66. The summed E-state index contributed by atoms with van der Waals surface area (Å²) in [7, 11) is 0. The highest BCUT2D eigenvalue weighted by Crippen LogP contribution is 2.30. The molecule has 1 fully saturated rings. The van der Waals surface area contributed by atoms with E-state index in [1.807, 2.05) is 12.1 Å². The van der Waals surface area contributed by atoms with Crippen LogP contribution in [0.15, 0.2) is 60.8 Å². The monoisotopic (exact) mass is 461 g/mol. The maximum absolute atomic E-state index is 14.5. The second-order valence-corrected chi connectivity index (χ2v) is 7.43. The van der Waals surface area contributed by atoms with Gasteiger partial charge in [0.05, 0.1) is 18.2 Å². The lowest BCUT2D eigenvalue weighted by Gasteiger charge is -2.23. The number of nitrogens with one attached hydrogen (secondary N) is 2. The van der Waals surface area contributed by atoms with Crippen LogP contribution in [0.5, 0.6) is 11.5 Å². The van der Waals surface area contributed by atoms with E-state index in [-0.39, 0.29) is 30.1 Å². The molecule has 2 heterocycles. The molecule has 1 amide bonds. The fraction of sp³-hybridized carbons (Fsp3) is 0.217. The highest BCUT2D eigenvalue weighted by Gasteiger charge is 2.30. The summed E-state index contributed by atoms with van der Waals surface area (Å²) >= 11 is 0. The van der Waals surface area contributed by atoms with E-state index >= 15 is 0 Å². The van der Waals surface area contributed by atoms with Gasteiger partial charge in [0.1, 0.15) is 18.2 Å². The second-order valence-electron chi connectivity index (χ2n) is 7.43. The molecule has 0 aliphatic carbocycles. The zero-order valence-corrected chi connectivity index (χ0v) is 17.2. The number of nitrogens with zero attached hydrogens (tertiary/aromatic N) is 1. The molecule has 10 heteroatoms.